The van der Waals surface area contributed by atoms with Gasteiger partial charge in [0.15, 0.2) is 5.75 Å². The fourth-order valence-corrected chi connectivity index (χ4v) is 1.76. The van der Waals surface area contributed by atoms with E-state index in [2.05, 4.69) is 10.1 Å². The van der Waals surface area contributed by atoms with Gasteiger partial charge in [-0.15, -0.1) is 13.2 Å². The van der Waals surface area contributed by atoms with Gasteiger partial charge in [-0.1, -0.05) is 19.1 Å². The number of hydrogen-bond acceptors (Lipinski definition) is 3. The van der Waals surface area contributed by atoms with E-state index in [1.165, 1.54) is 12.1 Å². The second-order valence-electron chi connectivity index (χ2n) is 3.17. The van der Waals surface area contributed by atoms with Crippen LogP contribution in [0.4, 0.5) is 18.9 Å². The van der Waals surface area contributed by atoms with Crippen LogP contribution in [0.3, 0.4) is 0 Å². The average molecular weight is 265 g/mol. The number of alkyl halides is 3. The molecule has 0 aliphatic rings. The Bertz CT molecular complexity index is 344. The van der Waals surface area contributed by atoms with Crippen LogP contribution in [0.15, 0.2) is 24.3 Å². The Hall–Kier alpha value is -1.04. The summed E-state index contributed by atoms with van der Waals surface area (Å²) in [6, 6.07) is 6.03. The zero-order chi connectivity index (χ0) is 12.7. The third kappa shape index (κ3) is 5.72. The quantitative estimate of drug-likeness (QED) is 0.791. The molecule has 1 N–H and O–H groups in total. The zero-order valence-electron chi connectivity index (χ0n) is 9.38. The van der Waals surface area contributed by atoms with E-state index in [4.69, 9.17) is 0 Å². The minimum atomic E-state index is -4.66. The average Bonchev–Trinajstić information content (AvgIpc) is 2.24. The SMILES string of the molecule is CCSCCNc1ccccc1OC(F)(F)F. The second kappa shape index (κ2) is 6.64. The van der Waals surface area contributed by atoms with Crippen LogP contribution in [0.5, 0.6) is 5.75 Å². The van der Waals surface area contributed by atoms with E-state index >= 15 is 0 Å². The topological polar surface area (TPSA) is 21.3 Å². The molecule has 0 aliphatic heterocycles. The number of anilines is 1. The van der Waals surface area contributed by atoms with Crippen LogP contribution in [0, 0.1) is 0 Å². The summed E-state index contributed by atoms with van der Waals surface area (Å²) in [5.74, 6) is 1.64. The van der Waals surface area contributed by atoms with Gasteiger partial charge in [-0.2, -0.15) is 11.8 Å². The first-order valence-corrected chi connectivity index (χ1v) is 6.35. The minimum absolute atomic E-state index is 0.193. The Labute approximate surface area is 103 Å². The van der Waals surface area contributed by atoms with E-state index < -0.39 is 6.36 Å². The van der Waals surface area contributed by atoms with Gasteiger partial charge in [-0.05, 0) is 17.9 Å². The van der Waals surface area contributed by atoms with Gasteiger partial charge in [0.1, 0.15) is 0 Å². The molecule has 0 unspecified atom stereocenters. The Morgan fingerprint density at radius 2 is 2.00 bits per heavy atom. The van der Waals surface area contributed by atoms with Crippen molar-refractivity contribution >= 4 is 17.4 Å². The van der Waals surface area contributed by atoms with Crippen molar-refractivity contribution in [1.29, 1.82) is 0 Å². The van der Waals surface area contributed by atoms with E-state index in [0.29, 0.717) is 12.2 Å². The summed E-state index contributed by atoms with van der Waals surface area (Å²) in [5.41, 5.74) is 0.363. The molecule has 0 aromatic heterocycles. The molecule has 1 rings (SSSR count). The van der Waals surface area contributed by atoms with Gasteiger partial charge in [-0.25, -0.2) is 0 Å². The van der Waals surface area contributed by atoms with Gasteiger partial charge in [0, 0.05) is 12.3 Å². The van der Waals surface area contributed by atoms with E-state index in [-0.39, 0.29) is 5.75 Å². The van der Waals surface area contributed by atoms with Crippen LogP contribution in [0.2, 0.25) is 0 Å². The zero-order valence-corrected chi connectivity index (χ0v) is 10.2. The number of halogens is 3. The van der Waals surface area contributed by atoms with Crippen molar-refractivity contribution in [2.24, 2.45) is 0 Å². The van der Waals surface area contributed by atoms with Crippen molar-refractivity contribution in [3.8, 4) is 5.75 Å². The van der Waals surface area contributed by atoms with Gasteiger partial charge in [0.05, 0.1) is 5.69 Å². The Balaban J connectivity index is 2.58. The lowest BCUT2D eigenvalue weighted by Gasteiger charge is -2.14. The third-order valence-electron chi connectivity index (χ3n) is 1.88. The predicted molar refractivity (Wildman–Crippen MR) is 64.6 cm³/mol. The number of thioether (sulfide) groups is 1. The number of rotatable bonds is 6. The van der Waals surface area contributed by atoms with Crippen molar-refractivity contribution < 1.29 is 17.9 Å². The van der Waals surface area contributed by atoms with Crippen LogP contribution >= 0.6 is 11.8 Å². The summed E-state index contributed by atoms with van der Waals surface area (Å²) in [4.78, 5) is 0. The van der Waals surface area contributed by atoms with E-state index in [1.807, 2.05) is 6.92 Å². The first kappa shape index (κ1) is 14.0. The monoisotopic (exact) mass is 265 g/mol. The van der Waals surface area contributed by atoms with Crippen molar-refractivity contribution in [3.63, 3.8) is 0 Å². The van der Waals surface area contributed by atoms with Crippen LogP contribution < -0.4 is 10.1 Å². The Kier molecular flexibility index (Phi) is 5.47. The van der Waals surface area contributed by atoms with Gasteiger partial charge in [0.2, 0.25) is 0 Å². The molecular weight excluding hydrogens is 251 g/mol. The highest BCUT2D eigenvalue weighted by molar-refractivity contribution is 7.99. The largest absolute Gasteiger partial charge is 0.573 e. The molecule has 1 aromatic carbocycles. The molecule has 1 aromatic rings. The summed E-state index contributed by atoms with van der Waals surface area (Å²) in [5, 5.41) is 2.92. The fraction of sp³-hybridized carbons (Fsp3) is 0.455. The highest BCUT2D eigenvalue weighted by Gasteiger charge is 2.31. The molecule has 96 valence electrons. The maximum Gasteiger partial charge on any atom is 0.573 e. The second-order valence-corrected chi connectivity index (χ2v) is 4.56. The van der Waals surface area contributed by atoms with Crippen LogP contribution in [-0.4, -0.2) is 24.4 Å². The van der Waals surface area contributed by atoms with Gasteiger partial charge >= 0.3 is 6.36 Å². The summed E-state index contributed by atoms with van der Waals surface area (Å²) in [6.07, 6.45) is -4.66. The third-order valence-corrected chi connectivity index (χ3v) is 2.78. The van der Waals surface area contributed by atoms with Crippen molar-refractivity contribution in [2.75, 3.05) is 23.4 Å². The smallest absolute Gasteiger partial charge is 0.404 e. The number of ether oxygens (including phenoxy) is 1. The van der Waals surface area contributed by atoms with Crippen LogP contribution in [0.1, 0.15) is 6.92 Å². The molecule has 0 saturated heterocycles. The van der Waals surface area contributed by atoms with E-state index in [9.17, 15) is 13.2 Å². The van der Waals surface area contributed by atoms with E-state index in [1.54, 1.807) is 23.9 Å². The van der Waals surface area contributed by atoms with Gasteiger partial charge in [-0.3, -0.25) is 0 Å². The summed E-state index contributed by atoms with van der Waals surface area (Å²) >= 11 is 1.72. The number of hydrogen-bond donors (Lipinski definition) is 1. The first-order valence-electron chi connectivity index (χ1n) is 5.19. The molecule has 6 heteroatoms. The molecule has 0 aliphatic carbocycles. The molecular formula is C11H14F3NOS. The predicted octanol–water partition coefficient (Wildman–Crippen LogP) is 3.75. The summed E-state index contributed by atoms with van der Waals surface area (Å²) in [6.45, 7) is 2.64. The lowest BCUT2D eigenvalue weighted by atomic mass is 10.3. The minimum Gasteiger partial charge on any atom is -0.404 e. The highest BCUT2D eigenvalue weighted by Crippen LogP contribution is 2.29. The summed E-state index contributed by atoms with van der Waals surface area (Å²) in [7, 11) is 0. The maximum absolute atomic E-state index is 12.1. The highest BCUT2D eigenvalue weighted by atomic mass is 32.2. The standard InChI is InChI=1S/C11H14F3NOS/c1-2-17-8-7-15-9-5-3-4-6-10(9)16-11(12,13)14/h3-6,15H,2,7-8H2,1H3. The molecule has 0 bridgehead atoms. The molecule has 0 saturated carbocycles. The van der Waals surface area contributed by atoms with Gasteiger partial charge < -0.3 is 10.1 Å². The Morgan fingerprint density at radius 1 is 1.29 bits per heavy atom. The molecule has 0 spiro atoms. The van der Waals surface area contributed by atoms with Crippen molar-refractivity contribution in [1.82, 2.24) is 0 Å². The normalized spacial score (nSPS) is 11.3. The molecule has 0 radical (unpaired) electrons. The van der Waals surface area contributed by atoms with Crippen LogP contribution in [0.25, 0.3) is 0 Å². The van der Waals surface area contributed by atoms with Crippen molar-refractivity contribution in [2.45, 2.75) is 13.3 Å². The summed E-state index contributed by atoms with van der Waals surface area (Å²) < 4.78 is 40.3. The van der Waals surface area contributed by atoms with E-state index in [0.717, 1.165) is 11.5 Å². The Morgan fingerprint density at radius 3 is 2.65 bits per heavy atom. The number of nitrogens with one attached hydrogen (secondary N) is 1. The maximum atomic E-state index is 12.1. The molecule has 0 amide bonds. The molecule has 0 heterocycles. The fourth-order valence-electron chi connectivity index (χ4n) is 1.23. The molecule has 0 fully saturated rings. The molecule has 2 nitrogen and oxygen atoms in total. The lowest BCUT2D eigenvalue weighted by Crippen LogP contribution is -2.18. The lowest BCUT2D eigenvalue weighted by molar-refractivity contribution is -0.274. The molecule has 0 atom stereocenters. The van der Waals surface area contributed by atoms with Gasteiger partial charge in [0.25, 0.3) is 0 Å². The molecule has 17 heavy (non-hydrogen) atoms. The number of para-hydroxylation sites is 2. The first-order chi connectivity index (χ1) is 8.03. The number of benzene rings is 1. The van der Waals surface area contributed by atoms with Crippen molar-refractivity contribution in [3.05, 3.63) is 24.3 Å². The van der Waals surface area contributed by atoms with Crippen LogP contribution in [-0.2, 0) is 0 Å².